The van der Waals surface area contributed by atoms with E-state index in [4.69, 9.17) is 4.74 Å². The van der Waals surface area contributed by atoms with E-state index < -0.39 is 24.0 Å². The van der Waals surface area contributed by atoms with Crippen LogP contribution in [-0.4, -0.2) is 52.7 Å². The summed E-state index contributed by atoms with van der Waals surface area (Å²) < 4.78 is 5.64. The molecule has 2 amide bonds. The number of benzene rings is 2. The van der Waals surface area contributed by atoms with Gasteiger partial charge in [-0.1, -0.05) is 55.5 Å². The summed E-state index contributed by atoms with van der Waals surface area (Å²) in [5.74, 6) is -1.61. The van der Waals surface area contributed by atoms with Crippen molar-refractivity contribution in [1.29, 1.82) is 0 Å². The molecule has 1 aliphatic carbocycles. The molecule has 3 aliphatic rings. The van der Waals surface area contributed by atoms with E-state index in [1.54, 1.807) is 0 Å². The van der Waals surface area contributed by atoms with Gasteiger partial charge in [0.05, 0.1) is 11.8 Å². The number of piperidine rings is 1. The fourth-order valence-electron chi connectivity index (χ4n) is 6.14. The Labute approximate surface area is 205 Å². The first-order valence-corrected chi connectivity index (χ1v) is 12.5. The smallest absolute Gasteiger partial charge is 0.407 e. The van der Waals surface area contributed by atoms with Crippen molar-refractivity contribution in [3.05, 3.63) is 59.7 Å². The van der Waals surface area contributed by atoms with Gasteiger partial charge < -0.3 is 20.1 Å². The van der Waals surface area contributed by atoms with Crippen molar-refractivity contribution in [2.45, 2.75) is 63.6 Å². The van der Waals surface area contributed by atoms with Crippen molar-refractivity contribution in [3.8, 4) is 11.1 Å². The van der Waals surface area contributed by atoms with Crippen molar-refractivity contribution in [2.24, 2.45) is 11.8 Å². The number of carboxylic acid groups (broad SMARTS) is 1. The van der Waals surface area contributed by atoms with E-state index in [1.807, 2.05) is 43.0 Å². The molecule has 4 atom stereocenters. The average Bonchev–Trinajstić information content (AvgIpc) is 3.31. The van der Waals surface area contributed by atoms with Crippen LogP contribution in [0.25, 0.3) is 11.1 Å². The first-order valence-electron chi connectivity index (χ1n) is 12.5. The molecule has 2 bridgehead atoms. The van der Waals surface area contributed by atoms with E-state index in [0.717, 1.165) is 24.0 Å². The molecule has 0 aromatic heterocycles. The summed E-state index contributed by atoms with van der Waals surface area (Å²) in [6, 6.07) is 15.9. The number of ether oxygens (including phenoxy) is 1. The van der Waals surface area contributed by atoms with Crippen LogP contribution in [0.2, 0.25) is 0 Å². The first-order chi connectivity index (χ1) is 16.8. The molecule has 2 N–H and O–H groups in total. The maximum Gasteiger partial charge on any atom is 0.407 e. The fourth-order valence-corrected chi connectivity index (χ4v) is 6.14. The molecule has 2 saturated heterocycles. The molecule has 4 unspecified atom stereocenters. The van der Waals surface area contributed by atoms with Gasteiger partial charge in [0.25, 0.3) is 0 Å². The van der Waals surface area contributed by atoms with Gasteiger partial charge in [0, 0.05) is 24.0 Å². The third-order valence-corrected chi connectivity index (χ3v) is 8.17. The zero-order valence-corrected chi connectivity index (χ0v) is 20.1. The average molecular weight is 477 g/mol. The number of hydrogen-bond acceptors (Lipinski definition) is 4. The van der Waals surface area contributed by atoms with Crippen molar-refractivity contribution in [1.82, 2.24) is 10.2 Å². The topological polar surface area (TPSA) is 95.9 Å². The predicted octanol–water partition coefficient (Wildman–Crippen LogP) is 4.40. The molecule has 2 fully saturated rings. The lowest BCUT2D eigenvalue weighted by Gasteiger charge is -2.39. The number of nitrogens with zero attached hydrogens (tertiary/aromatic N) is 1. The second-order valence-electron chi connectivity index (χ2n) is 10.2. The molecular formula is C28H32N2O5. The molecule has 5 rings (SSSR count). The normalized spacial score (nSPS) is 24.3. The third-order valence-electron chi connectivity index (χ3n) is 8.17. The Morgan fingerprint density at radius 1 is 0.971 bits per heavy atom. The van der Waals surface area contributed by atoms with Gasteiger partial charge in [-0.15, -0.1) is 0 Å². The van der Waals surface area contributed by atoms with Gasteiger partial charge in [-0.05, 0) is 54.9 Å². The summed E-state index contributed by atoms with van der Waals surface area (Å²) in [4.78, 5) is 39.3. The molecule has 2 aromatic rings. The number of aliphatic carboxylic acids is 1. The summed E-state index contributed by atoms with van der Waals surface area (Å²) in [5, 5.41) is 12.2. The molecule has 35 heavy (non-hydrogen) atoms. The second kappa shape index (κ2) is 9.36. The molecule has 7 nitrogen and oxygen atoms in total. The lowest BCUT2D eigenvalue weighted by molar-refractivity contribution is -0.150. The molecular weight excluding hydrogens is 444 g/mol. The van der Waals surface area contributed by atoms with E-state index in [1.165, 1.54) is 11.1 Å². The van der Waals surface area contributed by atoms with Crippen LogP contribution in [0.4, 0.5) is 4.79 Å². The molecule has 0 spiro atoms. The largest absolute Gasteiger partial charge is 0.481 e. The van der Waals surface area contributed by atoms with Gasteiger partial charge in [0.2, 0.25) is 5.91 Å². The van der Waals surface area contributed by atoms with Gasteiger partial charge in [0.15, 0.2) is 0 Å². The highest BCUT2D eigenvalue weighted by Gasteiger charge is 2.46. The molecule has 0 radical (unpaired) electrons. The van der Waals surface area contributed by atoms with Gasteiger partial charge >= 0.3 is 12.1 Å². The number of hydrogen-bond donors (Lipinski definition) is 2. The van der Waals surface area contributed by atoms with Gasteiger partial charge in [-0.2, -0.15) is 0 Å². The van der Waals surface area contributed by atoms with Gasteiger partial charge in [-0.25, -0.2) is 4.79 Å². The van der Waals surface area contributed by atoms with Crippen LogP contribution < -0.4 is 5.32 Å². The summed E-state index contributed by atoms with van der Waals surface area (Å²) in [6.07, 6.45) is 2.19. The van der Waals surface area contributed by atoms with E-state index in [9.17, 15) is 19.5 Å². The van der Waals surface area contributed by atoms with Crippen molar-refractivity contribution < 1.29 is 24.2 Å². The maximum atomic E-state index is 13.3. The monoisotopic (exact) mass is 476 g/mol. The Hall–Kier alpha value is -3.35. The summed E-state index contributed by atoms with van der Waals surface area (Å²) in [5.41, 5.74) is 4.65. The second-order valence-corrected chi connectivity index (χ2v) is 10.2. The summed E-state index contributed by atoms with van der Waals surface area (Å²) >= 11 is 0. The van der Waals surface area contributed by atoms with Gasteiger partial charge in [0.1, 0.15) is 6.61 Å². The number of rotatable bonds is 6. The summed E-state index contributed by atoms with van der Waals surface area (Å²) in [6.45, 7) is 3.86. The van der Waals surface area contributed by atoms with Crippen LogP contribution in [0, 0.1) is 11.8 Å². The van der Waals surface area contributed by atoms with E-state index >= 15 is 0 Å². The molecule has 184 valence electrons. The molecule has 0 saturated carbocycles. The van der Waals surface area contributed by atoms with Gasteiger partial charge in [-0.3, -0.25) is 9.59 Å². The highest BCUT2D eigenvalue weighted by atomic mass is 16.5. The van der Waals surface area contributed by atoms with Crippen LogP contribution >= 0.6 is 0 Å². The highest BCUT2D eigenvalue weighted by Crippen LogP contribution is 2.44. The molecule has 7 heteroatoms. The Morgan fingerprint density at radius 3 is 2.06 bits per heavy atom. The third kappa shape index (κ3) is 4.28. The Kier molecular flexibility index (Phi) is 6.26. The number of carboxylic acids is 1. The molecule has 2 heterocycles. The van der Waals surface area contributed by atoms with E-state index in [2.05, 4.69) is 29.6 Å². The minimum atomic E-state index is -0.771. The van der Waals surface area contributed by atoms with Crippen LogP contribution in [0.5, 0.6) is 0 Å². The minimum absolute atomic E-state index is 0.0198. The number of carbonyl (C=O) groups is 3. The predicted molar refractivity (Wildman–Crippen MR) is 131 cm³/mol. The van der Waals surface area contributed by atoms with Crippen LogP contribution in [0.1, 0.15) is 56.6 Å². The fraction of sp³-hybridized carbons (Fsp3) is 0.464. The van der Waals surface area contributed by atoms with Crippen molar-refractivity contribution >= 4 is 18.0 Å². The van der Waals surface area contributed by atoms with Crippen LogP contribution in [0.15, 0.2) is 48.5 Å². The van der Waals surface area contributed by atoms with Crippen molar-refractivity contribution in [2.75, 3.05) is 6.61 Å². The first kappa shape index (κ1) is 23.4. The number of amides is 2. The lowest BCUT2D eigenvalue weighted by Crippen LogP contribution is -2.53. The number of alkyl carbamates (subject to hydrolysis) is 1. The van der Waals surface area contributed by atoms with Crippen LogP contribution in [0.3, 0.4) is 0 Å². The zero-order chi connectivity index (χ0) is 24.7. The summed E-state index contributed by atoms with van der Waals surface area (Å²) in [7, 11) is 0. The van der Waals surface area contributed by atoms with E-state index in [0.29, 0.717) is 12.8 Å². The molecule has 2 aromatic carbocycles. The minimum Gasteiger partial charge on any atom is -0.481 e. The Morgan fingerprint density at radius 2 is 1.51 bits per heavy atom. The molecule has 2 aliphatic heterocycles. The maximum absolute atomic E-state index is 13.3. The standard InChI is InChI=1S/C28H32N2O5/c1-16(26(31)30-19-11-12-20(30)14-18(13-19)27(32)33)17(2)29-28(34)35-15-25-23-9-5-3-7-21(23)22-8-4-6-10-24(22)25/h3-10,16-20,25H,11-15H2,1-2H3,(H,29,34)(H,32,33). The quantitative estimate of drug-likeness (QED) is 0.644. The van der Waals surface area contributed by atoms with Crippen LogP contribution in [-0.2, 0) is 14.3 Å². The lowest BCUT2D eigenvalue weighted by atomic mass is 9.89. The highest BCUT2D eigenvalue weighted by molar-refractivity contribution is 5.82. The number of fused-ring (bicyclic) bond motifs is 5. The number of carbonyl (C=O) groups excluding carboxylic acids is 2. The SMILES string of the molecule is CC(NC(=O)OCC1c2ccccc2-c2ccccc21)C(C)C(=O)N1C2CCC1CC(C(=O)O)C2. The number of nitrogens with one attached hydrogen (secondary N) is 1. The van der Waals surface area contributed by atoms with E-state index in [-0.39, 0.29) is 36.4 Å². The Bertz CT molecular complexity index is 1090. The van der Waals surface area contributed by atoms with Crippen molar-refractivity contribution in [3.63, 3.8) is 0 Å². The zero-order valence-electron chi connectivity index (χ0n) is 20.1. The Balaban J connectivity index is 1.18.